The summed E-state index contributed by atoms with van der Waals surface area (Å²) in [6.45, 7) is 3.99. The van der Waals surface area contributed by atoms with Crippen LogP contribution >= 0.6 is 0 Å². The highest BCUT2D eigenvalue weighted by molar-refractivity contribution is 5.98. The number of pyridine rings is 1. The molecule has 0 saturated carbocycles. The van der Waals surface area contributed by atoms with Crippen molar-refractivity contribution in [1.29, 1.82) is 0 Å². The van der Waals surface area contributed by atoms with Crippen LogP contribution < -0.4 is 20.5 Å². The molecule has 3 N–H and O–H groups in total. The molecule has 1 aliphatic carbocycles. The Bertz CT molecular complexity index is 1580. The van der Waals surface area contributed by atoms with Crippen molar-refractivity contribution in [3.05, 3.63) is 120 Å². The van der Waals surface area contributed by atoms with E-state index in [1.54, 1.807) is 12.3 Å². The summed E-state index contributed by atoms with van der Waals surface area (Å²) in [6.07, 6.45) is 3.91. The van der Waals surface area contributed by atoms with Crippen LogP contribution in [0.15, 0.2) is 103 Å². The Morgan fingerprint density at radius 3 is 2.09 bits per heavy atom. The topological polar surface area (TPSA) is 100 Å². The molecule has 0 aliphatic heterocycles. The van der Waals surface area contributed by atoms with Gasteiger partial charge < -0.3 is 20.7 Å². The third-order valence-electron chi connectivity index (χ3n) is 8.24. The number of anilines is 1. The van der Waals surface area contributed by atoms with Crippen molar-refractivity contribution in [1.82, 2.24) is 10.6 Å². The van der Waals surface area contributed by atoms with E-state index in [-0.39, 0.29) is 30.8 Å². The van der Waals surface area contributed by atoms with E-state index in [2.05, 4.69) is 40.2 Å². The quantitative estimate of drug-likeness (QED) is 0.211. The summed E-state index contributed by atoms with van der Waals surface area (Å²) in [5.41, 5.74) is 6.01. The molecule has 0 bridgehead atoms. The number of carbonyl (C=O) groups is 3. The second-order valence-corrected chi connectivity index (χ2v) is 11.3. The summed E-state index contributed by atoms with van der Waals surface area (Å²) in [5, 5.41) is 8.63. The number of carbonyl (C=O) groups excluding carboxylic acids is 3. The normalized spacial score (nSPS) is 14.0. The van der Waals surface area contributed by atoms with Crippen LogP contribution in [0.2, 0.25) is 0 Å². The lowest BCUT2D eigenvalue weighted by Gasteiger charge is -2.26. The lowest BCUT2D eigenvalue weighted by atomic mass is 9.97. The van der Waals surface area contributed by atoms with Crippen molar-refractivity contribution in [2.24, 2.45) is 13.0 Å². The number of fused-ring (bicyclic) bond motifs is 3. The van der Waals surface area contributed by atoms with Crippen molar-refractivity contribution >= 4 is 23.6 Å². The maximum Gasteiger partial charge on any atom is 0.407 e. The Labute approximate surface area is 258 Å². The lowest BCUT2D eigenvalue weighted by molar-refractivity contribution is -0.670. The van der Waals surface area contributed by atoms with E-state index in [0.717, 1.165) is 27.8 Å². The molecule has 1 aliphatic rings. The number of nitrogens with one attached hydrogen (secondary N) is 3. The van der Waals surface area contributed by atoms with Gasteiger partial charge in [-0.1, -0.05) is 99.1 Å². The monoisotopic (exact) mass is 591 g/mol. The Balaban J connectivity index is 1.28. The highest BCUT2D eigenvalue weighted by Crippen LogP contribution is 2.44. The minimum atomic E-state index is -0.892. The first kappa shape index (κ1) is 30.5. The minimum absolute atomic E-state index is 0.0947. The summed E-state index contributed by atoms with van der Waals surface area (Å²) in [5.74, 6) is -1.09. The molecule has 3 aromatic carbocycles. The first-order valence-corrected chi connectivity index (χ1v) is 15.1. The number of alkyl carbamates (subject to hydrolysis) is 1. The van der Waals surface area contributed by atoms with Crippen molar-refractivity contribution in [2.75, 3.05) is 11.9 Å². The van der Waals surface area contributed by atoms with Crippen molar-refractivity contribution in [3.63, 3.8) is 0 Å². The van der Waals surface area contributed by atoms with Gasteiger partial charge in [-0.3, -0.25) is 9.59 Å². The van der Waals surface area contributed by atoms with Gasteiger partial charge in [-0.2, -0.15) is 0 Å². The fourth-order valence-electron chi connectivity index (χ4n) is 5.68. The van der Waals surface area contributed by atoms with Gasteiger partial charge in [0.25, 0.3) is 0 Å². The Hall–Kier alpha value is -4.98. The number of rotatable bonds is 11. The van der Waals surface area contributed by atoms with E-state index in [9.17, 15) is 14.4 Å². The second-order valence-electron chi connectivity index (χ2n) is 11.3. The van der Waals surface area contributed by atoms with Gasteiger partial charge in [0.1, 0.15) is 31.4 Å². The summed E-state index contributed by atoms with van der Waals surface area (Å²) >= 11 is 0. The minimum Gasteiger partial charge on any atom is -0.449 e. The number of amides is 3. The van der Waals surface area contributed by atoms with Gasteiger partial charge in [-0.15, -0.1) is 0 Å². The van der Waals surface area contributed by atoms with Crippen molar-refractivity contribution in [3.8, 4) is 11.1 Å². The molecule has 0 spiro atoms. The first-order chi connectivity index (χ1) is 21.3. The molecule has 3 atom stereocenters. The van der Waals surface area contributed by atoms with E-state index in [1.807, 2.05) is 92.3 Å². The molecule has 1 heterocycles. The summed E-state index contributed by atoms with van der Waals surface area (Å²) in [6, 6.07) is 27.6. The van der Waals surface area contributed by atoms with Crippen LogP contribution in [0.25, 0.3) is 11.1 Å². The van der Waals surface area contributed by atoms with Gasteiger partial charge >= 0.3 is 6.09 Å². The summed E-state index contributed by atoms with van der Waals surface area (Å²) in [7, 11) is 1.87. The van der Waals surface area contributed by atoms with Gasteiger partial charge in [0, 0.05) is 18.4 Å². The van der Waals surface area contributed by atoms with Gasteiger partial charge in [-0.25, -0.2) is 9.36 Å². The number of hydrogen-bond donors (Lipinski definition) is 3. The Kier molecular flexibility index (Phi) is 9.69. The van der Waals surface area contributed by atoms with Gasteiger partial charge in [-0.05, 0) is 39.8 Å². The van der Waals surface area contributed by atoms with Crippen LogP contribution in [0, 0.1) is 5.92 Å². The summed E-state index contributed by atoms with van der Waals surface area (Å²) < 4.78 is 7.57. The molecule has 44 heavy (non-hydrogen) atoms. The van der Waals surface area contributed by atoms with Crippen LogP contribution in [-0.2, 0) is 27.8 Å². The van der Waals surface area contributed by atoms with E-state index < -0.39 is 24.1 Å². The van der Waals surface area contributed by atoms with Crippen LogP contribution in [-0.4, -0.2) is 36.6 Å². The molecule has 226 valence electrons. The Morgan fingerprint density at radius 1 is 0.818 bits per heavy atom. The predicted molar refractivity (Wildman–Crippen MR) is 170 cm³/mol. The van der Waals surface area contributed by atoms with Gasteiger partial charge in [0.05, 0.1) is 0 Å². The standard InChI is InChI=1S/C36H38N4O4/c1-4-24(2)33(39-36(43)44-23-31-29-18-10-8-16-27(29)28-17-9-11-19-30(28)31)35(42)38-32(21-25-13-6-5-7-14-25)34(41)37-26-15-12-20-40(3)22-26/h5-20,22,24,31-33H,4,21,23H2,1-3H3,(H2-,37,38,39,41,42,43)/p+1. The zero-order chi connectivity index (χ0) is 31.1. The second kappa shape index (κ2) is 14.0. The SMILES string of the molecule is CCC(C)C(NC(=O)OCC1c2ccccc2-c2ccccc21)C(=O)NC(Cc1ccccc1)C(=O)Nc1ccc[n+](C)c1. The van der Waals surface area contributed by atoms with E-state index >= 15 is 0 Å². The number of aromatic nitrogens is 1. The molecular formula is C36H39N4O4+. The average molecular weight is 592 g/mol. The van der Waals surface area contributed by atoms with E-state index in [4.69, 9.17) is 4.74 Å². The molecule has 8 heteroatoms. The number of nitrogens with zero attached hydrogens (tertiary/aromatic N) is 1. The molecule has 8 nitrogen and oxygen atoms in total. The third-order valence-corrected chi connectivity index (χ3v) is 8.24. The maximum atomic E-state index is 13.7. The molecule has 0 saturated heterocycles. The summed E-state index contributed by atoms with van der Waals surface area (Å²) in [4.78, 5) is 40.3. The van der Waals surface area contributed by atoms with E-state index in [0.29, 0.717) is 12.1 Å². The van der Waals surface area contributed by atoms with Gasteiger partial charge in [0.2, 0.25) is 11.8 Å². The van der Waals surface area contributed by atoms with Crippen LogP contribution in [0.1, 0.15) is 42.9 Å². The molecular weight excluding hydrogens is 552 g/mol. The molecule has 0 radical (unpaired) electrons. The van der Waals surface area contributed by atoms with Crippen LogP contribution in [0.5, 0.6) is 0 Å². The molecule has 3 amide bonds. The smallest absolute Gasteiger partial charge is 0.407 e. The van der Waals surface area contributed by atoms with Crippen LogP contribution in [0.3, 0.4) is 0 Å². The number of ether oxygens (including phenoxy) is 1. The largest absolute Gasteiger partial charge is 0.449 e. The molecule has 3 unspecified atom stereocenters. The van der Waals surface area contributed by atoms with E-state index in [1.165, 1.54) is 0 Å². The van der Waals surface area contributed by atoms with Crippen molar-refractivity contribution < 1.29 is 23.7 Å². The molecule has 5 rings (SSSR count). The first-order valence-electron chi connectivity index (χ1n) is 15.1. The van der Waals surface area contributed by atoms with Crippen molar-refractivity contribution in [2.45, 2.75) is 44.7 Å². The molecule has 4 aromatic rings. The maximum absolute atomic E-state index is 13.7. The molecule has 1 aromatic heterocycles. The highest BCUT2D eigenvalue weighted by Gasteiger charge is 2.32. The Morgan fingerprint density at radius 2 is 1.45 bits per heavy atom. The lowest BCUT2D eigenvalue weighted by Crippen LogP contribution is -2.55. The van der Waals surface area contributed by atoms with Gasteiger partial charge in [0.15, 0.2) is 12.4 Å². The number of hydrogen-bond acceptors (Lipinski definition) is 4. The zero-order valence-corrected chi connectivity index (χ0v) is 25.3. The third kappa shape index (κ3) is 7.14. The fraction of sp³-hybridized carbons (Fsp3) is 0.278. The average Bonchev–Trinajstić information content (AvgIpc) is 3.36. The molecule has 0 fully saturated rings. The highest BCUT2D eigenvalue weighted by atomic mass is 16.5. The number of aryl methyl sites for hydroxylation is 1. The zero-order valence-electron chi connectivity index (χ0n) is 25.3. The number of benzene rings is 3. The fourth-order valence-corrected chi connectivity index (χ4v) is 5.68. The van der Waals surface area contributed by atoms with Crippen LogP contribution in [0.4, 0.5) is 10.5 Å². The predicted octanol–water partition coefficient (Wildman–Crippen LogP) is 5.13.